The van der Waals surface area contributed by atoms with Crippen LogP contribution in [0.25, 0.3) is 0 Å². The van der Waals surface area contributed by atoms with Gasteiger partial charge in [0.15, 0.2) is 0 Å². The summed E-state index contributed by atoms with van der Waals surface area (Å²) in [6, 6.07) is 7.15. The molecular formula is C14H17ClN4O2. The Hall–Kier alpha value is -1.92. The van der Waals surface area contributed by atoms with Gasteiger partial charge in [-0.25, -0.2) is 0 Å². The van der Waals surface area contributed by atoms with Gasteiger partial charge >= 0.3 is 6.01 Å². The summed E-state index contributed by atoms with van der Waals surface area (Å²) < 4.78 is 5.58. The van der Waals surface area contributed by atoms with Crippen molar-refractivity contribution in [3.63, 3.8) is 0 Å². The molecule has 1 heterocycles. The molecule has 0 atom stereocenters. The summed E-state index contributed by atoms with van der Waals surface area (Å²) in [6.07, 6.45) is 0. The average Bonchev–Trinajstić information content (AvgIpc) is 2.49. The van der Waals surface area contributed by atoms with Crippen LogP contribution in [0.3, 0.4) is 0 Å². The number of halogens is 1. The Balaban J connectivity index is 2.22. The molecule has 6 nitrogen and oxygen atoms in total. The van der Waals surface area contributed by atoms with E-state index < -0.39 is 0 Å². The maximum absolute atomic E-state index is 9.01. The summed E-state index contributed by atoms with van der Waals surface area (Å²) in [5, 5.41) is 9.10. The van der Waals surface area contributed by atoms with E-state index in [1.54, 1.807) is 24.3 Å². The highest BCUT2D eigenvalue weighted by molar-refractivity contribution is 6.28. The fourth-order valence-electron chi connectivity index (χ4n) is 1.78. The van der Waals surface area contributed by atoms with E-state index in [2.05, 4.69) is 15.0 Å². The van der Waals surface area contributed by atoms with Crippen LogP contribution in [-0.2, 0) is 6.61 Å². The number of nitrogens with zero attached hydrogens (tertiary/aromatic N) is 4. The second-order valence-corrected chi connectivity index (χ2v) is 4.60. The van der Waals surface area contributed by atoms with Crippen molar-refractivity contribution in [2.24, 2.45) is 0 Å². The Morgan fingerprint density at radius 1 is 1.10 bits per heavy atom. The number of aliphatic hydroxyl groups is 1. The van der Waals surface area contributed by atoms with Gasteiger partial charge < -0.3 is 14.7 Å². The Labute approximate surface area is 128 Å². The van der Waals surface area contributed by atoms with Crippen LogP contribution in [0, 0.1) is 0 Å². The molecule has 0 aliphatic rings. The third-order valence-electron chi connectivity index (χ3n) is 2.94. The molecule has 0 amide bonds. The Kier molecular flexibility index (Phi) is 5.30. The van der Waals surface area contributed by atoms with Crippen molar-refractivity contribution in [1.29, 1.82) is 0 Å². The summed E-state index contributed by atoms with van der Waals surface area (Å²) in [5.41, 5.74) is 0.805. The first kappa shape index (κ1) is 15.5. The number of benzene rings is 1. The highest BCUT2D eigenvalue weighted by Gasteiger charge is 2.11. The summed E-state index contributed by atoms with van der Waals surface area (Å²) in [5.74, 6) is 1.06. The Morgan fingerprint density at radius 3 is 2.33 bits per heavy atom. The van der Waals surface area contributed by atoms with Crippen molar-refractivity contribution in [3.05, 3.63) is 35.1 Å². The van der Waals surface area contributed by atoms with Crippen LogP contribution in [0.15, 0.2) is 24.3 Å². The van der Waals surface area contributed by atoms with Crippen molar-refractivity contribution >= 4 is 17.5 Å². The minimum atomic E-state index is -0.00995. The molecule has 0 aliphatic carbocycles. The quantitative estimate of drug-likeness (QED) is 0.884. The predicted octanol–water partition coefficient (Wildman–Crippen LogP) is 2.66. The number of anilines is 1. The van der Waals surface area contributed by atoms with Gasteiger partial charge in [0.05, 0.1) is 6.61 Å². The topological polar surface area (TPSA) is 71.4 Å². The molecule has 1 aromatic carbocycles. The number of hydrogen-bond donors (Lipinski definition) is 1. The standard InChI is InChI=1S/C14H17ClN4O2/c1-3-19(4-2)13-16-12(15)17-14(18-13)21-11-7-5-10(9-20)6-8-11/h5-8,20H,3-4,9H2,1-2H3. The molecule has 0 saturated heterocycles. The second kappa shape index (κ2) is 7.19. The molecule has 2 rings (SSSR count). The van der Waals surface area contributed by atoms with E-state index >= 15 is 0 Å². The lowest BCUT2D eigenvalue weighted by Crippen LogP contribution is -2.24. The van der Waals surface area contributed by atoms with Crippen LogP contribution in [0.2, 0.25) is 5.28 Å². The zero-order valence-corrected chi connectivity index (χ0v) is 12.7. The lowest BCUT2D eigenvalue weighted by atomic mass is 10.2. The molecule has 112 valence electrons. The van der Waals surface area contributed by atoms with E-state index in [1.165, 1.54) is 0 Å². The maximum atomic E-state index is 9.01. The number of hydrogen-bond acceptors (Lipinski definition) is 6. The molecule has 0 fully saturated rings. The van der Waals surface area contributed by atoms with Crippen molar-refractivity contribution < 1.29 is 9.84 Å². The number of aliphatic hydroxyl groups excluding tert-OH is 1. The van der Waals surface area contributed by atoms with E-state index in [9.17, 15) is 0 Å². The largest absolute Gasteiger partial charge is 0.424 e. The van der Waals surface area contributed by atoms with Gasteiger partial charge in [-0.05, 0) is 43.1 Å². The third kappa shape index (κ3) is 4.03. The first-order valence-electron chi connectivity index (χ1n) is 6.70. The number of aromatic nitrogens is 3. The van der Waals surface area contributed by atoms with Gasteiger partial charge in [-0.15, -0.1) is 0 Å². The van der Waals surface area contributed by atoms with Crippen molar-refractivity contribution in [3.8, 4) is 11.8 Å². The van der Waals surface area contributed by atoms with Crippen LogP contribution in [0.4, 0.5) is 5.95 Å². The lowest BCUT2D eigenvalue weighted by Gasteiger charge is -2.18. The molecule has 21 heavy (non-hydrogen) atoms. The second-order valence-electron chi connectivity index (χ2n) is 4.26. The molecule has 1 N–H and O–H groups in total. The fraction of sp³-hybridized carbons (Fsp3) is 0.357. The van der Waals surface area contributed by atoms with Crippen LogP contribution in [-0.4, -0.2) is 33.1 Å². The van der Waals surface area contributed by atoms with E-state index in [0.29, 0.717) is 11.7 Å². The summed E-state index contributed by atoms with van der Waals surface area (Å²) in [6.45, 7) is 5.54. The van der Waals surface area contributed by atoms with Crippen LogP contribution >= 0.6 is 11.6 Å². The third-order valence-corrected chi connectivity index (χ3v) is 3.11. The molecule has 0 aliphatic heterocycles. The van der Waals surface area contributed by atoms with Gasteiger partial charge in [0.1, 0.15) is 5.75 Å². The minimum Gasteiger partial charge on any atom is -0.424 e. The van der Waals surface area contributed by atoms with Gasteiger partial charge in [0.2, 0.25) is 11.2 Å². The lowest BCUT2D eigenvalue weighted by molar-refractivity contribution is 0.281. The SMILES string of the molecule is CCN(CC)c1nc(Cl)nc(Oc2ccc(CO)cc2)n1. The predicted molar refractivity (Wildman–Crippen MR) is 80.8 cm³/mol. The molecule has 0 spiro atoms. The summed E-state index contributed by atoms with van der Waals surface area (Å²) in [7, 11) is 0. The van der Waals surface area contributed by atoms with Gasteiger partial charge in [0.25, 0.3) is 0 Å². The zero-order valence-electron chi connectivity index (χ0n) is 12.0. The molecule has 7 heteroatoms. The van der Waals surface area contributed by atoms with Crippen LogP contribution < -0.4 is 9.64 Å². The molecular weight excluding hydrogens is 292 g/mol. The molecule has 2 aromatic rings. The molecule has 0 bridgehead atoms. The zero-order chi connectivity index (χ0) is 15.2. The summed E-state index contributed by atoms with van der Waals surface area (Å²) in [4.78, 5) is 14.3. The Bertz CT molecular complexity index is 588. The van der Waals surface area contributed by atoms with Gasteiger partial charge in [-0.3, -0.25) is 0 Å². The molecule has 0 radical (unpaired) electrons. The van der Waals surface area contributed by atoms with E-state index in [4.69, 9.17) is 21.4 Å². The van der Waals surface area contributed by atoms with Crippen LogP contribution in [0.5, 0.6) is 11.8 Å². The van der Waals surface area contributed by atoms with Crippen molar-refractivity contribution in [2.75, 3.05) is 18.0 Å². The normalized spacial score (nSPS) is 10.5. The first-order chi connectivity index (χ1) is 10.2. The van der Waals surface area contributed by atoms with Crippen LogP contribution in [0.1, 0.15) is 19.4 Å². The molecule has 0 saturated carbocycles. The fourth-order valence-corrected chi connectivity index (χ4v) is 1.93. The number of ether oxygens (including phenoxy) is 1. The van der Waals surface area contributed by atoms with Crippen molar-refractivity contribution in [1.82, 2.24) is 15.0 Å². The van der Waals surface area contributed by atoms with E-state index in [1.807, 2.05) is 18.7 Å². The smallest absolute Gasteiger partial charge is 0.328 e. The van der Waals surface area contributed by atoms with Gasteiger partial charge in [0, 0.05) is 13.1 Å². The Morgan fingerprint density at radius 2 is 1.76 bits per heavy atom. The van der Waals surface area contributed by atoms with E-state index in [0.717, 1.165) is 18.7 Å². The highest BCUT2D eigenvalue weighted by atomic mass is 35.5. The summed E-state index contributed by atoms with van der Waals surface area (Å²) >= 11 is 5.92. The molecule has 1 aromatic heterocycles. The monoisotopic (exact) mass is 308 g/mol. The van der Waals surface area contributed by atoms with Gasteiger partial charge in [-0.1, -0.05) is 12.1 Å². The van der Waals surface area contributed by atoms with Crippen molar-refractivity contribution in [2.45, 2.75) is 20.5 Å². The first-order valence-corrected chi connectivity index (χ1v) is 7.08. The highest BCUT2D eigenvalue weighted by Crippen LogP contribution is 2.21. The van der Waals surface area contributed by atoms with Gasteiger partial charge in [-0.2, -0.15) is 15.0 Å². The van der Waals surface area contributed by atoms with E-state index in [-0.39, 0.29) is 17.9 Å². The number of rotatable bonds is 6. The maximum Gasteiger partial charge on any atom is 0.328 e. The minimum absolute atomic E-state index is 0.00995. The molecule has 0 unspecified atom stereocenters. The average molecular weight is 309 g/mol.